The Balaban J connectivity index is 1.49. The molecular weight excluding hydrogens is 398 g/mol. The Morgan fingerprint density at radius 1 is 1.03 bits per heavy atom. The lowest BCUT2D eigenvalue weighted by atomic mass is 10.1. The Morgan fingerprint density at radius 3 is 2.35 bits per heavy atom. The Morgan fingerprint density at radius 2 is 1.71 bits per heavy atom. The number of H-pyrrole nitrogens is 1. The van der Waals surface area contributed by atoms with Crippen molar-refractivity contribution in [3.63, 3.8) is 0 Å². The first-order valence-corrected chi connectivity index (χ1v) is 10.3. The molecule has 1 saturated heterocycles. The van der Waals surface area contributed by atoms with Crippen molar-refractivity contribution in [2.24, 2.45) is 0 Å². The van der Waals surface area contributed by atoms with Crippen LogP contribution in [0.4, 0.5) is 0 Å². The van der Waals surface area contributed by atoms with Gasteiger partial charge in [0.05, 0.1) is 18.3 Å². The molecule has 1 fully saturated rings. The van der Waals surface area contributed by atoms with Crippen LogP contribution in [0.15, 0.2) is 51.8 Å². The maximum atomic E-state index is 13.3. The van der Waals surface area contributed by atoms with Crippen LogP contribution in [0, 0.1) is 0 Å². The Bertz CT molecular complexity index is 1130. The topological polar surface area (TPSA) is 95.9 Å². The Kier molecular flexibility index (Phi) is 5.90. The molecule has 0 bridgehead atoms. The summed E-state index contributed by atoms with van der Waals surface area (Å²) < 4.78 is 11.7. The zero-order valence-electron chi connectivity index (χ0n) is 17.6. The zero-order chi connectivity index (χ0) is 22.0. The summed E-state index contributed by atoms with van der Waals surface area (Å²) in [6, 6.07) is 10.4. The van der Waals surface area contributed by atoms with Crippen LogP contribution in [0.3, 0.4) is 0 Å². The number of aromatic amines is 1. The Hall–Kier alpha value is -3.39. The number of pyridine rings is 1. The number of rotatable bonds is 5. The highest BCUT2D eigenvalue weighted by Crippen LogP contribution is 2.28. The number of benzene rings is 1. The molecule has 1 aliphatic rings. The molecule has 162 valence electrons. The minimum Gasteiger partial charge on any atom is -0.451 e. The van der Waals surface area contributed by atoms with Crippen LogP contribution in [0.1, 0.15) is 40.3 Å². The third kappa shape index (κ3) is 4.39. The predicted octanol–water partition coefficient (Wildman–Crippen LogP) is 2.64. The van der Waals surface area contributed by atoms with Gasteiger partial charge in [-0.3, -0.25) is 14.4 Å². The summed E-state index contributed by atoms with van der Waals surface area (Å²) in [5.41, 5.74) is 1.57. The molecule has 0 unspecified atom stereocenters. The summed E-state index contributed by atoms with van der Waals surface area (Å²) in [5.74, 6) is -0.0740. The summed E-state index contributed by atoms with van der Waals surface area (Å²) in [4.78, 5) is 43.0. The first-order valence-electron chi connectivity index (χ1n) is 10.3. The standard InChI is InChI=1S/C23H25N3O5/c1-15(2)30-14-18-17-5-3-4-6-19(17)31-21(18)23(29)26-11-9-25(10-12-26)22(28)16-7-8-20(27)24-13-16/h3-8,13,15H,9-12,14H2,1-2H3,(H,24,27). The lowest BCUT2D eigenvalue weighted by Gasteiger charge is -2.34. The van der Waals surface area contributed by atoms with Crippen molar-refractivity contribution in [2.75, 3.05) is 26.2 Å². The summed E-state index contributed by atoms with van der Waals surface area (Å²) in [5, 5.41) is 0.874. The molecule has 0 aliphatic carbocycles. The van der Waals surface area contributed by atoms with Crippen LogP contribution >= 0.6 is 0 Å². The van der Waals surface area contributed by atoms with Crippen molar-refractivity contribution in [1.82, 2.24) is 14.8 Å². The minimum atomic E-state index is -0.255. The van der Waals surface area contributed by atoms with Crippen LogP contribution in [0.25, 0.3) is 11.0 Å². The number of nitrogens with zero attached hydrogens (tertiary/aromatic N) is 2. The minimum absolute atomic E-state index is 0.0269. The normalized spacial score (nSPS) is 14.4. The van der Waals surface area contributed by atoms with Crippen molar-refractivity contribution >= 4 is 22.8 Å². The van der Waals surface area contributed by atoms with E-state index in [-0.39, 0.29) is 23.5 Å². The van der Waals surface area contributed by atoms with Gasteiger partial charge in [-0.15, -0.1) is 0 Å². The van der Waals surface area contributed by atoms with E-state index in [2.05, 4.69) is 4.98 Å². The number of fused-ring (bicyclic) bond motifs is 1. The highest BCUT2D eigenvalue weighted by atomic mass is 16.5. The van der Waals surface area contributed by atoms with Gasteiger partial charge in [0, 0.05) is 49.4 Å². The number of nitrogens with one attached hydrogen (secondary N) is 1. The molecule has 4 rings (SSSR count). The molecule has 3 heterocycles. The van der Waals surface area contributed by atoms with Crippen LogP contribution < -0.4 is 5.56 Å². The summed E-state index contributed by atoms with van der Waals surface area (Å²) >= 11 is 0. The molecule has 0 atom stereocenters. The van der Waals surface area contributed by atoms with Crippen molar-refractivity contribution in [1.29, 1.82) is 0 Å². The van der Waals surface area contributed by atoms with Gasteiger partial charge in [0.1, 0.15) is 5.58 Å². The number of piperazine rings is 1. The smallest absolute Gasteiger partial charge is 0.290 e. The molecule has 1 aromatic carbocycles. The molecule has 3 aromatic rings. The second kappa shape index (κ2) is 8.77. The van der Waals surface area contributed by atoms with Gasteiger partial charge in [0.2, 0.25) is 5.56 Å². The van der Waals surface area contributed by atoms with Crippen LogP contribution in [0.5, 0.6) is 0 Å². The van der Waals surface area contributed by atoms with E-state index >= 15 is 0 Å². The SMILES string of the molecule is CC(C)OCc1c(C(=O)N2CCN(C(=O)c3ccc(=O)[nH]c3)CC2)oc2ccccc12. The van der Waals surface area contributed by atoms with E-state index in [0.717, 1.165) is 10.9 Å². The number of para-hydroxylation sites is 1. The second-order valence-corrected chi connectivity index (χ2v) is 7.79. The number of aromatic nitrogens is 1. The first kappa shape index (κ1) is 20.9. The van der Waals surface area contributed by atoms with E-state index < -0.39 is 0 Å². The van der Waals surface area contributed by atoms with Gasteiger partial charge >= 0.3 is 0 Å². The Labute approximate surface area is 179 Å². The van der Waals surface area contributed by atoms with Gasteiger partial charge in [0.15, 0.2) is 5.76 Å². The maximum absolute atomic E-state index is 13.3. The van der Waals surface area contributed by atoms with Crippen LogP contribution in [-0.2, 0) is 11.3 Å². The molecular formula is C23H25N3O5. The van der Waals surface area contributed by atoms with Gasteiger partial charge in [0.25, 0.3) is 11.8 Å². The fourth-order valence-electron chi connectivity index (χ4n) is 3.65. The quantitative estimate of drug-likeness (QED) is 0.681. The van der Waals surface area contributed by atoms with Crippen LogP contribution in [-0.4, -0.2) is 58.9 Å². The first-order chi connectivity index (χ1) is 14.9. The molecule has 8 nitrogen and oxygen atoms in total. The van der Waals surface area contributed by atoms with Gasteiger partial charge in [-0.05, 0) is 26.0 Å². The number of hydrogen-bond donors (Lipinski definition) is 1. The van der Waals surface area contributed by atoms with Crippen molar-refractivity contribution in [2.45, 2.75) is 26.6 Å². The fourth-order valence-corrected chi connectivity index (χ4v) is 3.65. The number of amides is 2. The molecule has 8 heteroatoms. The predicted molar refractivity (Wildman–Crippen MR) is 115 cm³/mol. The largest absolute Gasteiger partial charge is 0.451 e. The van der Waals surface area contributed by atoms with E-state index in [9.17, 15) is 14.4 Å². The monoisotopic (exact) mass is 423 g/mol. The highest BCUT2D eigenvalue weighted by Gasteiger charge is 2.29. The van der Waals surface area contributed by atoms with Gasteiger partial charge in [-0.25, -0.2) is 0 Å². The molecule has 0 saturated carbocycles. The van der Waals surface area contributed by atoms with E-state index in [1.807, 2.05) is 38.1 Å². The molecule has 31 heavy (non-hydrogen) atoms. The van der Waals surface area contributed by atoms with E-state index in [1.54, 1.807) is 9.80 Å². The summed E-state index contributed by atoms with van der Waals surface area (Å²) in [7, 11) is 0. The number of furan rings is 1. The fraction of sp³-hybridized carbons (Fsp3) is 0.348. The molecule has 1 N–H and O–H groups in total. The van der Waals surface area contributed by atoms with Gasteiger partial charge in [-0.1, -0.05) is 18.2 Å². The average Bonchev–Trinajstić information content (AvgIpc) is 3.16. The number of hydrogen-bond acceptors (Lipinski definition) is 5. The van der Waals surface area contributed by atoms with Gasteiger partial charge in [-0.2, -0.15) is 0 Å². The molecule has 2 amide bonds. The highest BCUT2D eigenvalue weighted by molar-refractivity contribution is 5.99. The molecule has 0 radical (unpaired) electrons. The third-order valence-electron chi connectivity index (χ3n) is 5.34. The number of ether oxygens (including phenoxy) is 1. The van der Waals surface area contributed by atoms with E-state index in [4.69, 9.17) is 9.15 Å². The lowest BCUT2D eigenvalue weighted by molar-refractivity contribution is 0.0499. The lowest BCUT2D eigenvalue weighted by Crippen LogP contribution is -2.50. The molecule has 2 aromatic heterocycles. The van der Waals surface area contributed by atoms with E-state index in [1.165, 1.54) is 18.3 Å². The summed E-state index contributed by atoms with van der Waals surface area (Å²) in [6.07, 6.45) is 1.44. The van der Waals surface area contributed by atoms with Crippen molar-refractivity contribution in [3.05, 3.63) is 69.8 Å². The third-order valence-corrected chi connectivity index (χ3v) is 5.34. The summed E-state index contributed by atoms with van der Waals surface area (Å²) in [6.45, 7) is 5.79. The van der Waals surface area contributed by atoms with Crippen LogP contribution in [0.2, 0.25) is 0 Å². The van der Waals surface area contributed by atoms with Gasteiger partial charge < -0.3 is 23.9 Å². The average molecular weight is 423 g/mol. The number of carbonyl (C=O) groups is 2. The molecule has 1 aliphatic heterocycles. The van der Waals surface area contributed by atoms with Crippen molar-refractivity contribution in [3.8, 4) is 0 Å². The second-order valence-electron chi connectivity index (χ2n) is 7.79. The van der Waals surface area contributed by atoms with Crippen molar-refractivity contribution < 1.29 is 18.7 Å². The number of carbonyl (C=O) groups excluding carboxylic acids is 2. The van der Waals surface area contributed by atoms with E-state index in [0.29, 0.717) is 49.7 Å². The molecule has 0 spiro atoms. The zero-order valence-corrected chi connectivity index (χ0v) is 17.6. The maximum Gasteiger partial charge on any atom is 0.290 e.